The quantitative estimate of drug-likeness (QED) is 0.219. The summed E-state index contributed by atoms with van der Waals surface area (Å²) in [7, 11) is -15.9. The van der Waals surface area contributed by atoms with Crippen LogP contribution in [0.2, 0.25) is 0 Å². The van der Waals surface area contributed by atoms with Crippen LogP contribution in [-0.2, 0) is 31.6 Å². The van der Waals surface area contributed by atoms with Gasteiger partial charge in [0.05, 0.1) is 12.7 Å². The van der Waals surface area contributed by atoms with Crippen LogP contribution < -0.4 is 0 Å². The maximum absolute atomic E-state index is 11.4. The molecule has 2 unspecified atom stereocenters. The summed E-state index contributed by atoms with van der Waals surface area (Å²) in [6, 6.07) is 0.000119. The van der Waals surface area contributed by atoms with Gasteiger partial charge in [0.15, 0.2) is 0 Å². The second kappa shape index (κ2) is 7.82. The molecule has 1 fully saturated rings. The van der Waals surface area contributed by atoms with Gasteiger partial charge < -0.3 is 24.3 Å². The Hall–Kier alpha value is 1.16. The molecule has 4 atom stereocenters. The van der Waals surface area contributed by atoms with E-state index in [0.29, 0.717) is 6.42 Å². The topological polar surface area (TPSA) is 169 Å². The van der Waals surface area contributed by atoms with Crippen LogP contribution in [0.5, 0.6) is 0 Å². The molecule has 0 aromatic rings. The van der Waals surface area contributed by atoms with Gasteiger partial charge in [-0.2, -0.15) is 31.0 Å². The highest BCUT2D eigenvalue weighted by atomic mass is 127. The average Bonchev–Trinajstić information content (AvgIpc) is 2.69. The van der Waals surface area contributed by atoms with Gasteiger partial charge in [0, 0.05) is 6.00 Å². The van der Waals surface area contributed by atoms with Gasteiger partial charge in [-0.1, -0.05) is 0 Å². The zero-order chi connectivity index (χ0) is 16.3. The molecule has 0 bridgehead atoms. The minimum absolute atomic E-state index is 0.000119. The molecule has 0 aromatic carbocycles. The third-order valence-electron chi connectivity index (χ3n) is 2.21. The summed E-state index contributed by atoms with van der Waals surface area (Å²) in [6.07, 6.45) is 0.839. The first-order valence-electron chi connectivity index (χ1n) is 5.42. The standard InChI is InChI=1S/C5H13BIO11P3/c7-6-5-2-1-4(16-5)3-15-20(11,12)18-21(13,14)17-19(8,9)10/h4-6H,1-3H2,(H,11,12)(H,13,14)(H2,8,9,10)/t4-,5+/m0/s1. The van der Waals surface area contributed by atoms with Crippen molar-refractivity contribution < 1.29 is 51.2 Å². The molecule has 0 spiro atoms. The van der Waals surface area contributed by atoms with E-state index in [0.717, 1.165) is 11.6 Å². The minimum Gasteiger partial charge on any atom is -0.380 e. The predicted molar refractivity (Wildman–Crippen MR) is 78.9 cm³/mol. The Morgan fingerprint density at radius 3 is 2.19 bits per heavy atom. The largest absolute Gasteiger partial charge is 0.490 e. The molecular formula is C5H13BIO11P3. The van der Waals surface area contributed by atoms with Crippen LogP contribution >= 0.6 is 45.8 Å². The van der Waals surface area contributed by atoms with Gasteiger partial charge >= 0.3 is 23.5 Å². The summed E-state index contributed by atoms with van der Waals surface area (Å²) in [6.45, 7) is -0.378. The Balaban J connectivity index is 2.48. The van der Waals surface area contributed by atoms with Crippen molar-refractivity contribution in [1.82, 2.24) is 0 Å². The zero-order valence-corrected chi connectivity index (χ0v) is 15.2. The van der Waals surface area contributed by atoms with Gasteiger partial charge in [0.1, 0.15) is 0 Å². The van der Waals surface area contributed by atoms with Crippen molar-refractivity contribution in [3.05, 3.63) is 0 Å². The Morgan fingerprint density at radius 2 is 1.71 bits per heavy atom. The summed E-state index contributed by atoms with van der Waals surface area (Å²) in [5.74, 6) is 0. The molecule has 0 amide bonds. The van der Waals surface area contributed by atoms with Crippen molar-refractivity contribution in [3.63, 3.8) is 0 Å². The molecule has 0 aromatic heterocycles. The fraction of sp³-hybridized carbons (Fsp3) is 1.00. The number of ether oxygens (including phenoxy) is 1. The smallest absolute Gasteiger partial charge is 0.380 e. The number of phosphoric ester groups is 1. The second-order valence-corrected chi connectivity index (χ2v) is 9.30. The Kier molecular flexibility index (Phi) is 7.53. The minimum atomic E-state index is -5.46. The van der Waals surface area contributed by atoms with Crippen LogP contribution in [0.1, 0.15) is 12.8 Å². The van der Waals surface area contributed by atoms with Crippen LogP contribution in [0.25, 0.3) is 0 Å². The summed E-state index contributed by atoms with van der Waals surface area (Å²) in [4.78, 5) is 34.9. The second-order valence-electron chi connectivity index (χ2n) is 4.00. The molecule has 4 N–H and O–H groups in total. The first-order valence-corrected chi connectivity index (χ1v) is 11.5. The highest BCUT2D eigenvalue weighted by Crippen LogP contribution is 2.66. The molecule has 11 nitrogen and oxygen atoms in total. The Bertz CT molecular complexity index is 494. The van der Waals surface area contributed by atoms with Gasteiger partial charge in [-0.05, 0) is 12.8 Å². The van der Waals surface area contributed by atoms with Crippen LogP contribution in [0.15, 0.2) is 0 Å². The first kappa shape index (κ1) is 20.2. The lowest BCUT2D eigenvalue weighted by atomic mass is 9.97. The van der Waals surface area contributed by atoms with E-state index >= 15 is 0 Å². The van der Waals surface area contributed by atoms with Crippen LogP contribution in [0, 0.1) is 0 Å². The molecule has 1 aliphatic heterocycles. The molecule has 1 saturated heterocycles. The van der Waals surface area contributed by atoms with Gasteiger partial charge in [-0.3, -0.25) is 4.52 Å². The summed E-state index contributed by atoms with van der Waals surface area (Å²) >= 11 is 2.12. The summed E-state index contributed by atoms with van der Waals surface area (Å²) in [5.41, 5.74) is 0. The van der Waals surface area contributed by atoms with Gasteiger partial charge in [-0.25, -0.2) is 13.7 Å². The van der Waals surface area contributed by atoms with Crippen LogP contribution in [0.4, 0.5) is 0 Å². The van der Waals surface area contributed by atoms with E-state index < -0.39 is 29.6 Å². The third-order valence-corrected chi connectivity index (χ3v) is 6.99. The summed E-state index contributed by atoms with van der Waals surface area (Å²) < 4.78 is 49.9. The van der Waals surface area contributed by atoms with Crippen molar-refractivity contribution in [2.45, 2.75) is 24.9 Å². The van der Waals surface area contributed by atoms with E-state index in [1.54, 1.807) is 0 Å². The molecule has 124 valence electrons. The molecule has 1 heterocycles. The number of hydrogen-bond acceptors (Lipinski definition) is 7. The van der Waals surface area contributed by atoms with E-state index in [1.165, 1.54) is 0 Å². The lowest BCUT2D eigenvalue weighted by Gasteiger charge is -2.18. The maximum Gasteiger partial charge on any atom is 0.490 e. The van der Waals surface area contributed by atoms with E-state index in [9.17, 15) is 18.6 Å². The maximum atomic E-state index is 11.4. The fourth-order valence-electron chi connectivity index (χ4n) is 1.50. The molecule has 0 radical (unpaired) electrons. The van der Waals surface area contributed by atoms with E-state index in [2.05, 4.69) is 35.5 Å². The predicted octanol–water partition coefficient (Wildman–Crippen LogP) is 0.621. The van der Waals surface area contributed by atoms with Gasteiger partial charge in [0.25, 0.3) is 0 Å². The molecule has 1 aliphatic rings. The van der Waals surface area contributed by atoms with E-state index in [4.69, 9.17) is 19.4 Å². The lowest BCUT2D eigenvalue weighted by Crippen LogP contribution is -2.18. The van der Waals surface area contributed by atoms with Gasteiger partial charge in [0.2, 0.25) is 5.14 Å². The average molecular weight is 480 g/mol. The fourth-order valence-corrected chi connectivity index (χ4v) is 5.19. The van der Waals surface area contributed by atoms with Crippen molar-refractivity contribution in [2.24, 2.45) is 0 Å². The normalized spacial score (nSPS) is 28.8. The number of hydrogen-bond donors (Lipinski definition) is 4. The van der Waals surface area contributed by atoms with Crippen molar-refractivity contribution >= 4 is 51.0 Å². The SMILES string of the molecule is O=P(O)(O)OP(=O)(O)OP(=O)(O)OC[C@@H]1CC[C@H](BI)O1. The first-order chi connectivity index (χ1) is 9.42. The highest BCUT2D eigenvalue weighted by Gasteiger charge is 2.41. The lowest BCUT2D eigenvalue weighted by molar-refractivity contribution is 0.0398. The number of halogens is 1. The Labute approximate surface area is 133 Å². The van der Waals surface area contributed by atoms with Crippen molar-refractivity contribution in [3.8, 4) is 0 Å². The van der Waals surface area contributed by atoms with Crippen molar-refractivity contribution in [1.29, 1.82) is 0 Å². The van der Waals surface area contributed by atoms with Crippen LogP contribution in [-0.4, -0.2) is 43.4 Å². The summed E-state index contributed by atoms with van der Waals surface area (Å²) in [5, 5.41) is 0.740. The molecule has 0 saturated carbocycles. The third kappa shape index (κ3) is 8.54. The molecule has 21 heavy (non-hydrogen) atoms. The monoisotopic (exact) mass is 480 g/mol. The van der Waals surface area contributed by atoms with Gasteiger partial charge in [-0.15, -0.1) is 0 Å². The molecule has 0 aliphatic carbocycles. The molecule has 1 rings (SSSR count). The molecular weight excluding hydrogens is 467 g/mol. The van der Waals surface area contributed by atoms with E-state index in [-0.39, 0.29) is 12.6 Å². The molecule has 16 heteroatoms. The van der Waals surface area contributed by atoms with Crippen molar-refractivity contribution in [2.75, 3.05) is 6.61 Å². The van der Waals surface area contributed by atoms with E-state index in [1.807, 2.05) is 0 Å². The zero-order valence-electron chi connectivity index (χ0n) is 10.3. The highest BCUT2D eigenvalue weighted by molar-refractivity contribution is 14.1. The number of rotatable bonds is 8. The Morgan fingerprint density at radius 1 is 1.10 bits per heavy atom. The van der Waals surface area contributed by atoms with Crippen LogP contribution in [0.3, 0.4) is 0 Å². The number of phosphoric acid groups is 3.